The molecule has 4 nitrogen and oxygen atoms in total. The molecule has 118 valence electrons. The van der Waals surface area contributed by atoms with Gasteiger partial charge in [0.05, 0.1) is 4.88 Å². The van der Waals surface area contributed by atoms with Crippen molar-refractivity contribution < 1.29 is 9.21 Å². The molecule has 0 spiro atoms. The first-order valence-electron chi connectivity index (χ1n) is 7.50. The predicted octanol–water partition coefficient (Wildman–Crippen LogP) is 4.83. The number of rotatable bonds is 4. The Labute approximate surface area is 139 Å². The number of hydrogen-bond acceptors (Lipinski definition) is 4. The first-order valence-corrected chi connectivity index (χ1v) is 8.32. The Hall–Kier alpha value is -2.40. The summed E-state index contributed by atoms with van der Waals surface area (Å²) in [6.45, 7) is 6.08. The third kappa shape index (κ3) is 3.05. The number of benzene rings is 1. The van der Waals surface area contributed by atoms with Crippen molar-refractivity contribution in [3.63, 3.8) is 0 Å². The number of aromatic nitrogens is 1. The third-order valence-electron chi connectivity index (χ3n) is 3.73. The van der Waals surface area contributed by atoms with E-state index in [2.05, 4.69) is 17.2 Å². The van der Waals surface area contributed by atoms with E-state index in [1.165, 1.54) is 6.39 Å². The number of thiophene rings is 1. The molecule has 0 radical (unpaired) electrons. The summed E-state index contributed by atoms with van der Waals surface area (Å²) in [4.78, 5) is 18.8. The van der Waals surface area contributed by atoms with Crippen molar-refractivity contribution in [1.29, 1.82) is 0 Å². The van der Waals surface area contributed by atoms with Crippen molar-refractivity contribution in [2.45, 2.75) is 27.2 Å². The van der Waals surface area contributed by atoms with Gasteiger partial charge in [-0.25, -0.2) is 4.98 Å². The van der Waals surface area contributed by atoms with Gasteiger partial charge in [0, 0.05) is 10.6 Å². The molecule has 0 atom stereocenters. The molecular weight excluding hydrogens is 308 g/mol. The molecule has 3 aromatic rings. The van der Waals surface area contributed by atoms with Gasteiger partial charge in [0.25, 0.3) is 5.91 Å². The Morgan fingerprint density at radius 3 is 2.78 bits per heavy atom. The number of amides is 1. The Bertz CT molecular complexity index is 848. The molecule has 1 aromatic carbocycles. The van der Waals surface area contributed by atoms with E-state index in [-0.39, 0.29) is 5.91 Å². The third-order valence-corrected chi connectivity index (χ3v) is 4.72. The second kappa shape index (κ2) is 6.38. The van der Waals surface area contributed by atoms with Crippen molar-refractivity contribution in [3.05, 3.63) is 58.4 Å². The second-order valence-electron chi connectivity index (χ2n) is 5.36. The molecule has 2 heterocycles. The van der Waals surface area contributed by atoms with Gasteiger partial charge in [0.1, 0.15) is 0 Å². The van der Waals surface area contributed by atoms with E-state index in [0.29, 0.717) is 11.5 Å². The topological polar surface area (TPSA) is 55.1 Å². The van der Waals surface area contributed by atoms with Gasteiger partial charge in [-0.05, 0) is 43.5 Å². The molecule has 1 N–H and O–H groups in total. The van der Waals surface area contributed by atoms with Crippen LogP contribution in [0.5, 0.6) is 0 Å². The monoisotopic (exact) mass is 326 g/mol. The van der Waals surface area contributed by atoms with Crippen LogP contribution >= 0.6 is 11.3 Å². The Morgan fingerprint density at radius 1 is 1.26 bits per heavy atom. The minimum absolute atomic E-state index is 0.246. The van der Waals surface area contributed by atoms with E-state index in [1.807, 2.05) is 44.2 Å². The van der Waals surface area contributed by atoms with E-state index in [1.54, 1.807) is 11.3 Å². The molecule has 3 rings (SSSR count). The fourth-order valence-electron chi connectivity index (χ4n) is 2.51. The largest absolute Gasteiger partial charge is 0.442 e. The van der Waals surface area contributed by atoms with Gasteiger partial charge in [0.2, 0.25) is 0 Å². The molecule has 0 saturated heterocycles. The lowest BCUT2D eigenvalue weighted by atomic mass is 10.1. The van der Waals surface area contributed by atoms with Crippen LogP contribution in [0.4, 0.5) is 5.69 Å². The molecule has 1 amide bonds. The quantitative estimate of drug-likeness (QED) is 0.747. The van der Waals surface area contributed by atoms with Gasteiger partial charge in [-0.2, -0.15) is 0 Å². The fraction of sp³-hybridized carbons (Fsp3) is 0.222. The maximum absolute atomic E-state index is 12.7. The van der Waals surface area contributed by atoms with Crippen LogP contribution in [0.25, 0.3) is 10.6 Å². The summed E-state index contributed by atoms with van der Waals surface area (Å²) in [5.41, 5.74) is 3.32. The maximum atomic E-state index is 12.7. The molecule has 0 bridgehead atoms. The molecule has 5 heteroatoms. The number of nitrogens with one attached hydrogen (secondary N) is 1. The molecule has 0 aliphatic carbocycles. The van der Waals surface area contributed by atoms with Gasteiger partial charge < -0.3 is 9.73 Å². The minimum atomic E-state index is -0.246. The van der Waals surface area contributed by atoms with Gasteiger partial charge in [0.15, 0.2) is 17.8 Å². The fourth-order valence-corrected chi connectivity index (χ4v) is 3.37. The van der Waals surface area contributed by atoms with E-state index in [4.69, 9.17) is 4.42 Å². The first kappa shape index (κ1) is 15.5. The second-order valence-corrected chi connectivity index (χ2v) is 6.65. The summed E-state index contributed by atoms with van der Waals surface area (Å²) >= 11 is 1.58. The van der Waals surface area contributed by atoms with Crippen LogP contribution in [0, 0.1) is 13.8 Å². The lowest BCUT2D eigenvalue weighted by Gasteiger charge is -2.12. The highest BCUT2D eigenvalue weighted by molar-refractivity contribution is 7.15. The summed E-state index contributed by atoms with van der Waals surface area (Å²) < 4.78 is 5.45. The molecule has 0 unspecified atom stereocenters. The number of oxazole rings is 1. The molecule has 0 aliphatic heterocycles. The predicted molar refractivity (Wildman–Crippen MR) is 93.1 cm³/mol. The smallest absolute Gasteiger partial charge is 0.278 e. The average molecular weight is 326 g/mol. The van der Waals surface area contributed by atoms with Crippen molar-refractivity contribution in [1.82, 2.24) is 4.98 Å². The maximum Gasteiger partial charge on any atom is 0.278 e. The summed E-state index contributed by atoms with van der Waals surface area (Å²) in [6.07, 6.45) is 2.17. The van der Waals surface area contributed by atoms with E-state index in [0.717, 1.165) is 33.0 Å². The van der Waals surface area contributed by atoms with Crippen molar-refractivity contribution in [3.8, 4) is 10.6 Å². The van der Waals surface area contributed by atoms with Crippen LogP contribution in [-0.4, -0.2) is 10.9 Å². The van der Waals surface area contributed by atoms with Gasteiger partial charge in [-0.15, -0.1) is 11.3 Å². The molecule has 0 saturated carbocycles. The normalized spacial score (nSPS) is 10.7. The molecule has 23 heavy (non-hydrogen) atoms. The summed E-state index contributed by atoms with van der Waals surface area (Å²) in [7, 11) is 0. The Kier molecular flexibility index (Phi) is 4.30. The standard InChI is InChI=1S/C18H18N2O2S/c1-4-13-7-5-6-11(2)15(13)20-18(21)16-17(22-10-19-16)14-9-8-12(3)23-14/h5-10H,4H2,1-3H3,(H,20,21). The van der Waals surface area contributed by atoms with Crippen LogP contribution in [-0.2, 0) is 6.42 Å². The van der Waals surface area contributed by atoms with E-state index >= 15 is 0 Å². The first-order chi connectivity index (χ1) is 11.1. The van der Waals surface area contributed by atoms with Crippen molar-refractivity contribution in [2.75, 3.05) is 5.32 Å². The lowest BCUT2D eigenvalue weighted by Crippen LogP contribution is -2.15. The number of carbonyl (C=O) groups excluding carboxylic acids is 1. The number of carbonyl (C=O) groups is 1. The molecule has 0 fully saturated rings. The van der Waals surface area contributed by atoms with Gasteiger partial charge >= 0.3 is 0 Å². The highest BCUT2D eigenvalue weighted by Gasteiger charge is 2.20. The number of para-hydroxylation sites is 1. The van der Waals surface area contributed by atoms with Crippen LogP contribution in [0.1, 0.15) is 33.4 Å². The summed E-state index contributed by atoms with van der Waals surface area (Å²) in [5, 5.41) is 2.99. The van der Waals surface area contributed by atoms with Crippen molar-refractivity contribution >= 4 is 22.9 Å². The zero-order chi connectivity index (χ0) is 16.4. The summed E-state index contributed by atoms with van der Waals surface area (Å²) in [6, 6.07) is 9.96. The Balaban J connectivity index is 1.93. The molecule has 2 aromatic heterocycles. The zero-order valence-electron chi connectivity index (χ0n) is 13.3. The SMILES string of the molecule is CCc1cccc(C)c1NC(=O)c1ncoc1-c1ccc(C)s1. The summed E-state index contributed by atoms with van der Waals surface area (Å²) in [5.74, 6) is 0.274. The Morgan fingerprint density at radius 2 is 2.09 bits per heavy atom. The zero-order valence-corrected chi connectivity index (χ0v) is 14.2. The molecular formula is C18H18N2O2S. The molecule has 0 aliphatic rings. The lowest BCUT2D eigenvalue weighted by molar-refractivity contribution is 0.102. The number of anilines is 1. The van der Waals surface area contributed by atoms with Gasteiger partial charge in [-0.1, -0.05) is 25.1 Å². The van der Waals surface area contributed by atoms with Gasteiger partial charge in [-0.3, -0.25) is 4.79 Å². The minimum Gasteiger partial charge on any atom is -0.442 e. The van der Waals surface area contributed by atoms with Crippen molar-refractivity contribution in [2.24, 2.45) is 0 Å². The number of hydrogen-bond donors (Lipinski definition) is 1. The number of nitrogens with zero attached hydrogens (tertiary/aromatic N) is 1. The van der Waals surface area contributed by atoms with Crippen LogP contribution in [0.2, 0.25) is 0 Å². The number of aryl methyl sites for hydroxylation is 3. The van der Waals surface area contributed by atoms with Crippen LogP contribution < -0.4 is 5.32 Å². The van der Waals surface area contributed by atoms with Crippen LogP contribution in [0.15, 0.2) is 41.1 Å². The van der Waals surface area contributed by atoms with E-state index in [9.17, 15) is 4.79 Å². The van der Waals surface area contributed by atoms with Crippen LogP contribution in [0.3, 0.4) is 0 Å². The highest BCUT2D eigenvalue weighted by atomic mass is 32.1. The van der Waals surface area contributed by atoms with E-state index < -0.39 is 0 Å². The average Bonchev–Trinajstić information content (AvgIpc) is 3.17. The highest BCUT2D eigenvalue weighted by Crippen LogP contribution is 2.31.